The number of nitrogens with two attached hydrogens (primary N) is 1. The minimum absolute atomic E-state index is 0. The first kappa shape index (κ1) is 21.3. The lowest BCUT2D eigenvalue weighted by Crippen LogP contribution is -2.31. The van der Waals surface area contributed by atoms with E-state index in [4.69, 9.17) is 17.3 Å². The molecule has 1 aliphatic rings. The average Bonchev–Trinajstić information content (AvgIpc) is 2.47. The van der Waals surface area contributed by atoms with E-state index in [-0.39, 0.29) is 36.6 Å². The van der Waals surface area contributed by atoms with Gasteiger partial charge in [-0.05, 0) is 37.5 Å². The molecule has 1 fully saturated rings. The molecule has 1 amide bonds. The first-order chi connectivity index (χ1) is 9.61. The third-order valence-electron chi connectivity index (χ3n) is 3.71. The Morgan fingerprint density at radius 2 is 1.95 bits per heavy atom. The molecule has 0 aliphatic carbocycles. The molecule has 1 atom stereocenters. The Hall–Kier alpha value is -0.680. The summed E-state index contributed by atoms with van der Waals surface area (Å²) in [6.45, 7) is 4.21. The second kappa shape index (κ2) is 10.2. The van der Waals surface area contributed by atoms with Crippen molar-refractivity contribution in [3.63, 3.8) is 0 Å². The van der Waals surface area contributed by atoms with Crippen LogP contribution in [-0.4, -0.2) is 25.5 Å². The number of anilines is 2. The molecule has 4 nitrogen and oxygen atoms in total. The van der Waals surface area contributed by atoms with Crippen molar-refractivity contribution in [3.8, 4) is 0 Å². The van der Waals surface area contributed by atoms with Crippen LogP contribution in [0.5, 0.6) is 0 Å². The molecule has 7 heteroatoms. The van der Waals surface area contributed by atoms with Gasteiger partial charge in [-0.15, -0.1) is 24.8 Å². The van der Waals surface area contributed by atoms with Crippen LogP contribution in [0.25, 0.3) is 0 Å². The number of piperidine rings is 1. The van der Waals surface area contributed by atoms with Crippen molar-refractivity contribution >= 4 is 53.7 Å². The van der Waals surface area contributed by atoms with Crippen molar-refractivity contribution in [2.45, 2.75) is 26.2 Å². The fourth-order valence-electron chi connectivity index (χ4n) is 2.38. The molecule has 0 aromatic heterocycles. The number of nitrogens with one attached hydrogen (secondary N) is 1. The van der Waals surface area contributed by atoms with Crippen LogP contribution in [0.1, 0.15) is 26.2 Å². The molecule has 1 unspecified atom stereocenters. The number of carbonyl (C=O) groups is 1. The Morgan fingerprint density at radius 1 is 1.32 bits per heavy atom. The number of hydrogen-bond acceptors (Lipinski definition) is 3. The molecule has 2 rings (SSSR count). The molecule has 1 heterocycles. The number of halogens is 3. The molecule has 1 aliphatic heterocycles. The summed E-state index contributed by atoms with van der Waals surface area (Å²) in [5.74, 6) is -0.267. The van der Waals surface area contributed by atoms with Gasteiger partial charge in [0.05, 0.1) is 11.4 Å². The summed E-state index contributed by atoms with van der Waals surface area (Å²) in [5, 5.41) is 3.58. The van der Waals surface area contributed by atoms with Crippen molar-refractivity contribution < 1.29 is 4.79 Å². The number of carbonyl (C=O) groups excluding carboxylic acids is 1. The molecule has 22 heavy (non-hydrogen) atoms. The summed E-state index contributed by atoms with van der Waals surface area (Å²) < 4.78 is 0. The maximum Gasteiger partial charge on any atom is 0.228 e. The molecule has 0 saturated carbocycles. The number of amides is 1. The largest absolute Gasteiger partial charge is 0.370 e. The van der Waals surface area contributed by atoms with Crippen molar-refractivity contribution in [1.82, 2.24) is 0 Å². The Balaban J connectivity index is 0.00000220. The van der Waals surface area contributed by atoms with Gasteiger partial charge in [-0.1, -0.05) is 18.5 Å². The van der Waals surface area contributed by atoms with Crippen molar-refractivity contribution in [2.24, 2.45) is 11.7 Å². The van der Waals surface area contributed by atoms with Crippen LogP contribution in [0.3, 0.4) is 0 Å². The van der Waals surface area contributed by atoms with Gasteiger partial charge in [0.1, 0.15) is 0 Å². The van der Waals surface area contributed by atoms with Gasteiger partial charge in [0.25, 0.3) is 0 Å². The lowest BCUT2D eigenvalue weighted by atomic mass is 10.1. The van der Waals surface area contributed by atoms with E-state index >= 15 is 0 Å². The summed E-state index contributed by atoms with van der Waals surface area (Å²) in [6, 6.07) is 5.66. The first-order valence-corrected chi connectivity index (χ1v) is 7.55. The summed E-state index contributed by atoms with van der Waals surface area (Å²) in [6.07, 6.45) is 3.65. The lowest BCUT2D eigenvalue weighted by Gasteiger charge is -2.30. The Morgan fingerprint density at radius 3 is 2.55 bits per heavy atom. The fraction of sp³-hybridized carbons (Fsp3) is 0.533. The smallest absolute Gasteiger partial charge is 0.228 e. The Bertz CT molecular complexity index is 479. The number of hydrogen-bond donors (Lipinski definition) is 2. The highest BCUT2D eigenvalue weighted by atomic mass is 35.5. The molecule has 126 valence electrons. The van der Waals surface area contributed by atoms with Gasteiger partial charge in [-0.25, -0.2) is 0 Å². The predicted octanol–water partition coefficient (Wildman–Crippen LogP) is 3.71. The van der Waals surface area contributed by atoms with E-state index in [1.807, 2.05) is 25.1 Å². The summed E-state index contributed by atoms with van der Waals surface area (Å²) in [7, 11) is 0. The molecule has 3 N–H and O–H groups in total. The highest BCUT2D eigenvalue weighted by molar-refractivity contribution is 6.31. The topological polar surface area (TPSA) is 58.4 Å². The van der Waals surface area contributed by atoms with E-state index < -0.39 is 0 Å². The standard InChI is InChI=1S/C15H22ClN3O.2ClH/c1-11(10-17)15(20)18-13-9-12(16)5-6-14(13)19-7-3-2-4-8-19;;/h5-6,9,11H,2-4,7-8,10,17H2,1H3,(H,18,20);2*1H. The van der Waals surface area contributed by atoms with Crippen molar-refractivity contribution in [2.75, 3.05) is 29.9 Å². The van der Waals surface area contributed by atoms with Crippen LogP contribution >= 0.6 is 36.4 Å². The van der Waals surface area contributed by atoms with Gasteiger partial charge < -0.3 is 16.0 Å². The van der Waals surface area contributed by atoms with E-state index in [1.54, 1.807) is 0 Å². The average molecular weight is 369 g/mol. The summed E-state index contributed by atoms with van der Waals surface area (Å²) in [4.78, 5) is 14.3. The molecule has 1 aromatic carbocycles. The van der Waals surface area contributed by atoms with Gasteiger partial charge in [0.2, 0.25) is 5.91 Å². The fourth-order valence-corrected chi connectivity index (χ4v) is 2.55. The lowest BCUT2D eigenvalue weighted by molar-refractivity contribution is -0.119. The van der Waals surface area contributed by atoms with E-state index in [9.17, 15) is 4.79 Å². The zero-order valence-corrected chi connectivity index (χ0v) is 15.1. The first-order valence-electron chi connectivity index (χ1n) is 7.17. The number of nitrogens with zero attached hydrogens (tertiary/aromatic N) is 1. The van der Waals surface area contributed by atoms with Gasteiger partial charge in [0.15, 0.2) is 0 Å². The van der Waals surface area contributed by atoms with Gasteiger partial charge >= 0.3 is 0 Å². The normalized spacial score (nSPS) is 15.3. The zero-order valence-electron chi connectivity index (χ0n) is 12.7. The Labute approximate surface area is 149 Å². The van der Waals surface area contributed by atoms with Gasteiger partial charge in [-0.3, -0.25) is 4.79 Å². The monoisotopic (exact) mass is 367 g/mol. The third-order valence-corrected chi connectivity index (χ3v) is 3.95. The van der Waals surface area contributed by atoms with E-state index in [1.165, 1.54) is 19.3 Å². The summed E-state index contributed by atoms with van der Waals surface area (Å²) >= 11 is 6.06. The SMILES string of the molecule is CC(CN)C(=O)Nc1cc(Cl)ccc1N1CCCCC1.Cl.Cl. The van der Waals surface area contributed by atoms with Crippen molar-refractivity contribution in [3.05, 3.63) is 23.2 Å². The minimum Gasteiger partial charge on any atom is -0.370 e. The second-order valence-electron chi connectivity index (χ2n) is 5.34. The van der Waals surface area contributed by atoms with Gasteiger partial charge in [-0.2, -0.15) is 0 Å². The number of benzene rings is 1. The maximum absolute atomic E-state index is 12.0. The van der Waals surface area contributed by atoms with E-state index in [0.29, 0.717) is 11.6 Å². The molecule has 0 radical (unpaired) electrons. The van der Waals surface area contributed by atoms with E-state index in [2.05, 4.69) is 10.2 Å². The minimum atomic E-state index is -0.205. The molecular formula is C15H24Cl3N3O. The maximum atomic E-state index is 12.0. The molecule has 0 spiro atoms. The quantitative estimate of drug-likeness (QED) is 0.852. The van der Waals surface area contributed by atoms with Crippen LogP contribution in [0.2, 0.25) is 5.02 Å². The highest BCUT2D eigenvalue weighted by Crippen LogP contribution is 2.31. The molecule has 0 bridgehead atoms. The Kier molecular flexibility index (Phi) is 9.85. The molecular weight excluding hydrogens is 345 g/mol. The third kappa shape index (κ3) is 5.51. The van der Waals surface area contributed by atoms with Crippen LogP contribution in [0.4, 0.5) is 11.4 Å². The molecule has 1 aromatic rings. The van der Waals surface area contributed by atoms with E-state index in [0.717, 1.165) is 24.5 Å². The van der Waals surface area contributed by atoms with Crippen LogP contribution in [0.15, 0.2) is 18.2 Å². The van der Waals surface area contributed by atoms with Crippen LogP contribution in [0, 0.1) is 5.92 Å². The summed E-state index contributed by atoms with van der Waals surface area (Å²) in [5.41, 5.74) is 7.37. The van der Waals surface area contributed by atoms with Crippen molar-refractivity contribution in [1.29, 1.82) is 0 Å². The highest BCUT2D eigenvalue weighted by Gasteiger charge is 2.18. The molecule has 1 saturated heterocycles. The van der Waals surface area contributed by atoms with Gasteiger partial charge in [0, 0.05) is 30.6 Å². The zero-order chi connectivity index (χ0) is 14.5. The second-order valence-corrected chi connectivity index (χ2v) is 5.77. The van der Waals surface area contributed by atoms with Crippen LogP contribution in [-0.2, 0) is 4.79 Å². The number of rotatable bonds is 4. The predicted molar refractivity (Wildman–Crippen MR) is 98.9 cm³/mol. The van der Waals surface area contributed by atoms with Crippen LogP contribution < -0.4 is 16.0 Å².